The van der Waals surface area contributed by atoms with Crippen LogP contribution < -0.4 is 10.2 Å². The van der Waals surface area contributed by atoms with E-state index >= 15 is 0 Å². The minimum absolute atomic E-state index is 0.0575. The Balaban J connectivity index is 1.37. The smallest absolute Gasteiger partial charge is 0.234 e. The Kier molecular flexibility index (Phi) is 6.50. The van der Waals surface area contributed by atoms with Gasteiger partial charge in [0.05, 0.1) is 28.9 Å². The molecule has 7 heteroatoms. The average Bonchev–Trinajstić information content (AvgIpc) is 3.45. The number of aromatic nitrogens is 2. The van der Waals surface area contributed by atoms with E-state index in [0.29, 0.717) is 5.92 Å². The molecule has 4 aromatic rings. The fraction of sp³-hybridized carbons (Fsp3) is 0.355. The van der Waals surface area contributed by atoms with E-state index in [1.165, 1.54) is 12.1 Å². The normalized spacial score (nSPS) is 21.9. The van der Waals surface area contributed by atoms with Gasteiger partial charge in [-0.2, -0.15) is 5.10 Å². The second-order valence-electron chi connectivity index (χ2n) is 11.0. The van der Waals surface area contributed by atoms with Gasteiger partial charge in [-0.3, -0.25) is 4.79 Å². The van der Waals surface area contributed by atoms with E-state index in [1.807, 2.05) is 41.3 Å². The summed E-state index contributed by atoms with van der Waals surface area (Å²) >= 11 is 0. The third kappa shape index (κ3) is 4.40. The quantitative estimate of drug-likeness (QED) is 0.362. The molecule has 6 rings (SSSR count). The number of carbonyl (C=O) groups is 1. The highest BCUT2D eigenvalue weighted by atomic mass is 19.1. The third-order valence-electron chi connectivity index (χ3n) is 8.15. The van der Waals surface area contributed by atoms with Gasteiger partial charge in [0.1, 0.15) is 5.82 Å². The predicted molar refractivity (Wildman–Crippen MR) is 147 cm³/mol. The summed E-state index contributed by atoms with van der Waals surface area (Å²) in [6, 6.07) is 22.4. The molecule has 2 atom stereocenters. The minimum Gasteiger partial charge on any atom is -0.381 e. The van der Waals surface area contributed by atoms with Crippen molar-refractivity contribution >= 4 is 22.5 Å². The lowest BCUT2D eigenvalue weighted by Gasteiger charge is -2.33. The van der Waals surface area contributed by atoms with Crippen LogP contribution in [0.4, 0.5) is 10.1 Å². The molecule has 1 N–H and O–H groups in total. The summed E-state index contributed by atoms with van der Waals surface area (Å²) in [5.74, 6) is 0.365. The number of carbonyl (C=O) groups excluding carboxylic acids is 1. The number of nitrogens with one attached hydrogen (secondary N) is 1. The number of hydrogen-bond donors (Lipinski definition) is 1. The Morgan fingerprint density at radius 2 is 1.71 bits per heavy atom. The lowest BCUT2D eigenvalue weighted by molar-refractivity contribution is -0.124. The van der Waals surface area contributed by atoms with Gasteiger partial charge in [0, 0.05) is 30.3 Å². The molecule has 2 fully saturated rings. The molecular formula is C31H33FN4O2. The zero-order valence-electron chi connectivity index (χ0n) is 21.8. The van der Waals surface area contributed by atoms with Gasteiger partial charge in [0.15, 0.2) is 0 Å². The molecule has 0 aliphatic carbocycles. The maximum Gasteiger partial charge on any atom is 0.234 e. The van der Waals surface area contributed by atoms with Crippen molar-refractivity contribution in [1.29, 1.82) is 0 Å². The average molecular weight is 513 g/mol. The summed E-state index contributed by atoms with van der Waals surface area (Å²) < 4.78 is 20.8. The van der Waals surface area contributed by atoms with Gasteiger partial charge < -0.3 is 15.0 Å². The van der Waals surface area contributed by atoms with Crippen molar-refractivity contribution in [3.63, 3.8) is 0 Å². The Morgan fingerprint density at radius 3 is 2.45 bits per heavy atom. The maximum atomic E-state index is 14.1. The first-order chi connectivity index (χ1) is 18.4. The number of halogens is 1. The summed E-state index contributed by atoms with van der Waals surface area (Å²) in [4.78, 5) is 16.0. The van der Waals surface area contributed by atoms with E-state index in [9.17, 15) is 9.18 Å². The van der Waals surface area contributed by atoms with Crippen LogP contribution in [-0.4, -0.2) is 41.5 Å². The molecule has 1 amide bonds. The molecule has 3 heterocycles. The highest BCUT2D eigenvalue weighted by Crippen LogP contribution is 2.47. The summed E-state index contributed by atoms with van der Waals surface area (Å²) in [6.45, 7) is 6.58. The van der Waals surface area contributed by atoms with Gasteiger partial charge in [0.25, 0.3) is 0 Å². The molecule has 0 radical (unpaired) electrons. The van der Waals surface area contributed by atoms with Gasteiger partial charge in [0.2, 0.25) is 5.91 Å². The van der Waals surface area contributed by atoms with Crippen LogP contribution in [0, 0.1) is 17.2 Å². The monoisotopic (exact) mass is 512 g/mol. The lowest BCUT2D eigenvalue weighted by atomic mass is 9.82. The Bertz CT molecular complexity index is 1430. The number of ether oxygens (including phenoxy) is 1. The van der Waals surface area contributed by atoms with E-state index in [0.717, 1.165) is 60.4 Å². The molecule has 0 unspecified atom stereocenters. The van der Waals surface area contributed by atoms with E-state index in [-0.39, 0.29) is 23.8 Å². The first kappa shape index (κ1) is 24.8. The Hall–Kier alpha value is -3.55. The lowest BCUT2D eigenvalue weighted by Crippen LogP contribution is -2.45. The highest BCUT2D eigenvalue weighted by Gasteiger charge is 2.54. The van der Waals surface area contributed by atoms with Crippen molar-refractivity contribution in [3.8, 4) is 5.69 Å². The maximum absolute atomic E-state index is 14.1. The van der Waals surface area contributed by atoms with Gasteiger partial charge in [-0.15, -0.1) is 0 Å². The number of anilines is 1. The number of fused-ring (bicyclic) bond motifs is 1. The fourth-order valence-electron chi connectivity index (χ4n) is 5.95. The van der Waals surface area contributed by atoms with Crippen LogP contribution >= 0.6 is 0 Å². The van der Waals surface area contributed by atoms with E-state index < -0.39 is 5.41 Å². The zero-order chi connectivity index (χ0) is 26.3. The molecular weight excluding hydrogens is 479 g/mol. The zero-order valence-corrected chi connectivity index (χ0v) is 21.8. The van der Waals surface area contributed by atoms with Gasteiger partial charge >= 0.3 is 0 Å². The second-order valence-corrected chi connectivity index (χ2v) is 11.0. The summed E-state index contributed by atoms with van der Waals surface area (Å²) in [6.07, 6.45) is 3.89. The standard InChI is InChI=1S/C31H33FN4O2/c1-31(2)29(33-19-21-14-16-38-17-15-21)28(22-6-4-3-5-7-22)35(30(31)37)26-12-13-27-23(18-26)20-34-36(27)25-10-8-24(32)9-11-25/h3-13,18,20-21,28-29,33H,14-17,19H2,1-2H3/t28-,29-/m1/s1. The van der Waals surface area contributed by atoms with Gasteiger partial charge in [-0.1, -0.05) is 30.3 Å². The van der Waals surface area contributed by atoms with Crippen LogP contribution in [-0.2, 0) is 9.53 Å². The largest absolute Gasteiger partial charge is 0.381 e. The SMILES string of the molecule is CC1(C)C(=O)N(c2ccc3c(cnn3-c3ccc(F)cc3)c2)[C@H](c2ccccc2)[C@H]1NCC1CCOCC1. The van der Waals surface area contributed by atoms with Crippen LogP contribution in [0.3, 0.4) is 0 Å². The van der Waals surface area contributed by atoms with Crippen LogP contribution in [0.5, 0.6) is 0 Å². The molecule has 2 saturated heterocycles. The molecule has 196 valence electrons. The van der Waals surface area contributed by atoms with Gasteiger partial charge in [-0.25, -0.2) is 9.07 Å². The summed E-state index contributed by atoms with van der Waals surface area (Å²) in [5, 5.41) is 9.29. The summed E-state index contributed by atoms with van der Waals surface area (Å²) in [5.41, 5.74) is 3.04. The van der Waals surface area contributed by atoms with E-state index in [4.69, 9.17) is 4.74 Å². The topological polar surface area (TPSA) is 59.4 Å². The highest BCUT2D eigenvalue weighted by molar-refractivity contribution is 6.03. The molecule has 2 aliphatic heterocycles. The number of nitrogens with zero attached hydrogens (tertiary/aromatic N) is 3. The van der Waals surface area contributed by atoms with Crippen LogP contribution in [0.1, 0.15) is 38.3 Å². The third-order valence-corrected chi connectivity index (χ3v) is 8.15. The van der Waals surface area contributed by atoms with Crippen molar-refractivity contribution in [2.24, 2.45) is 11.3 Å². The predicted octanol–water partition coefficient (Wildman–Crippen LogP) is 5.66. The van der Waals surface area contributed by atoms with Crippen molar-refractivity contribution in [2.75, 3.05) is 24.7 Å². The number of benzene rings is 3. The number of rotatable bonds is 6. The van der Waals surface area contributed by atoms with Crippen LogP contribution in [0.15, 0.2) is 79.0 Å². The number of hydrogen-bond acceptors (Lipinski definition) is 4. The van der Waals surface area contributed by atoms with Crippen LogP contribution in [0.2, 0.25) is 0 Å². The molecule has 3 aromatic carbocycles. The first-order valence-corrected chi connectivity index (χ1v) is 13.4. The molecule has 2 aliphatic rings. The van der Waals surface area contributed by atoms with E-state index in [1.54, 1.807) is 23.0 Å². The first-order valence-electron chi connectivity index (χ1n) is 13.4. The van der Waals surface area contributed by atoms with Crippen molar-refractivity contribution < 1.29 is 13.9 Å². The molecule has 0 spiro atoms. The molecule has 6 nitrogen and oxygen atoms in total. The molecule has 0 bridgehead atoms. The van der Waals surface area contributed by atoms with Gasteiger partial charge in [-0.05, 0) is 87.2 Å². The van der Waals surface area contributed by atoms with Crippen LogP contribution in [0.25, 0.3) is 16.6 Å². The fourth-order valence-corrected chi connectivity index (χ4v) is 5.95. The van der Waals surface area contributed by atoms with Crippen molar-refractivity contribution in [3.05, 3.63) is 90.4 Å². The van der Waals surface area contributed by atoms with E-state index in [2.05, 4.69) is 36.4 Å². The Labute approximate surface area is 222 Å². The summed E-state index contributed by atoms with van der Waals surface area (Å²) in [7, 11) is 0. The number of amides is 1. The van der Waals surface area contributed by atoms with Crippen molar-refractivity contribution in [2.45, 2.75) is 38.8 Å². The molecule has 0 saturated carbocycles. The molecule has 38 heavy (non-hydrogen) atoms. The molecule has 1 aromatic heterocycles. The van der Waals surface area contributed by atoms with Crippen molar-refractivity contribution in [1.82, 2.24) is 15.1 Å². The minimum atomic E-state index is -0.598. The Morgan fingerprint density at radius 1 is 1.00 bits per heavy atom. The second kappa shape index (κ2) is 9.97.